The van der Waals surface area contributed by atoms with Crippen molar-refractivity contribution in [2.24, 2.45) is 0 Å². The Bertz CT molecular complexity index is 1050. The van der Waals surface area contributed by atoms with E-state index in [9.17, 15) is 8.42 Å². The van der Waals surface area contributed by atoms with Crippen molar-refractivity contribution in [2.75, 3.05) is 0 Å². The van der Waals surface area contributed by atoms with Crippen molar-refractivity contribution < 1.29 is 8.42 Å². The molecular formula is C19H23N5O2S. The van der Waals surface area contributed by atoms with Crippen molar-refractivity contribution in [3.05, 3.63) is 53.3 Å². The quantitative estimate of drug-likeness (QED) is 0.729. The summed E-state index contributed by atoms with van der Waals surface area (Å²) in [6.07, 6.45) is 0. The average molecular weight is 385 g/mol. The molecule has 0 aliphatic carbocycles. The Balaban J connectivity index is 1.98. The van der Waals surface area contributed by atoms with Crippen molar-refractivity contribution >= 4 is 10.0 Å². The first-order valence-electron chi connectivity index (χ1n) is 8.69. The summed E-state index contributed by atoms with van der Waals surface area (Å²) < 4.78 is 29.3. The van der Waals surface area contributed by atoms with Crippen molar-refractivity contribution in [1.29, 1.82) is 0 Å². The molecule has 2 heterocycles. The first kappa shape index (κ1) is 19.2. The van der Waals surface area contributed by atoms with Gasteiger partial charge in [0.05, 0.1) is 17.1 Å². The van der Waals surface area contributed by atoms with Crippen LogP contribution < -0.4 is 4.72 Å². The Morgan fingerprint density at radius 1 is 0.963 bits per heavy atom. The Labute approximate surface area is 159 Å². The number of benzene rings is 1. The minimum Gasteiger partial charge on any atom is -0.216 e. The first-order chi connectivity index (χ1) is 12.7. The van der Waals surface area contributed by atoms with Crippen LogP contribution >= 0.6 is 0 Å². The van der Waals surface area contributed by atoms with E-state index < -0.39 is 10.0 Å². The van der Waals surface area contributed by atoms with Gasteiger partial charge in [0.2, 0.25) is 10.0 Å². The van der Waals surface area contributed by atoms with Crippen LogP contribution in [0, 0.1) is 20.8 Å². The fraction of sp³-hybridized carbons (Fsp3) is 0.316. The van der Waals surface area contributed by atoms with Crippen LogP contribution in [0.5, 0.6) is 0 Å². The van der Waals surface area contributed by atoms with Crippen LogP contribution in [0.25, 0.3) is 17.1 Å². The molecule has 142 valence electrons. The maximum absolute atomic E-state index is 12.6. The van der Waals surface area contributed by atoms with Crippen LogP contribution in [0.3, 0.4) is 0 Å². The van der Waals surface area contributed by atoms with E-state index in [0.717, 1.165) is 11.3 Å². The number of aromatic nitrogens is 4. The second kappa shape index (κ2) is 7.21. The molecule has 8 heteroatoms. The van der Waals surface area contributed by atoms with Gasteiger partial charge in [-0.25, -0.2) is 17.8 Å². The highest BCUT2D eigenvalue weighted by Crippen LogP contribution is 2.23. The molecule has 0 unspecified atom stereocenters. The molecule has 1 aromatic carbocycles. The molecular weight excluding hydrogens is 362 g/mol. The molecule has 0 aliphatic heterocycles. The van der Waals surface area contributed by atoms with Crippen LogP contribution in [0.4, 0.5) is 0 Å². The highest BCUT2D eigenvalue weighted by atomic mass is 32.2. The zero-order valence-electron chi connectivity index (χ0n) is 16.1. The zero-order chi connectivity index (χ0) is 19.8. The van der Waals surface area contributed by atoms with Gasteiger partial charge in [0, 0.05) is 11.6 Å². The van der Waals surface area contributed by atoms with Crippen molar-refractivity contribution in [1.82, 2.24) is 24.7 Å². The van der Waals surface area contributed by atoms with Gasteiger partial charge in [0.15, 0.2) is 5.82 Å². The number of nitrogens with zero attached hydrogens (tertiary/aromatic N) is 4. The molecule has 0 spiro atoms. The van der Waals surface area contributed by atoms with Gasteiger partial charge in [-0.05, 0) is 46.8 Å². The fourth-order valence-corrected chi connectivity index (χ4v) is 4.57. The maximum Gasteiger partial charge on any atom is 0.244 e. The third kappa shape index (κ3) is 3.91. The standard InChI is InChI=1S/C19H23N5O2S/c1-12(2)23-27(25,26)19-14(4)22-24(15(19)5)18-11-10-17(20-21-18)16-8-6-13(3)7-9-16/h6-12,23H,1-5H3. The topological polar surface area (TPSA) is 89.8 Å². The summed E-state index contributed by atoms with van der Waals surface area (Å²) in [5, 5.41) is 12.9. The predicted octanol–water partition coefficient (Wildman–Crippen LogP) is 2.94. The molecule has 3 rings (SSSR count). The van der Waals surface area contributed by atoms with E-state index in [0.29, 0.717) is 17.2 Å². The number of sulfonamides is 1. The van der Waals surface area contributed by atoms with Crippen molar-refractivity contribution in [3.8, 4) is 17.1 Å². The van der Waals surface area contributed by atoms with E-state index in [1.54, 1.807) is 33.8 Å². The molecule has 1 N–H and O–H groups in total. The van der Waals surface area contributed by atoms with Crippen LogP contribution in [-0.4, -0.2) is 34.4 Å². The lowest BCUT2D eigenvalue weighted by molar-refractivity contribution is 0.568. The molecule has 3 aromatic rings. The van der Waals surface area contributed by atoms with Crippen LogP contribution in [-0.2, 0) is 10.0 Å². The molecule has 2 aromatic heterocycles. The van der Waals surface area contributed by atoms with E-state index in [1.807, 2.05) is 37.3 Å². The van der Waals surface area contributed by atoms with Gasteiger partial charge in [0.25, 0.3) is 0 Å². The van der Waals surface area contributed by atoms with Crippen molar-refractivity contribution in [3.63, 3.8) is 0 Å². The smallest absolute Gasteiger partial charge is 0.216 e. The summed E-state index contributed by atoms with van der Waals surface area (Å²) in [5.74, 6) is 0.470. The lowest BCUT2D eigenvalue weighted by Gasteiger charge is -2.10. The number of rotatable bonds is 5. The number of aryl methyl sites for hydroxylation is 2. The third-order valence-electron chi connectivity index (χ3n) is 4.10. The molecule has 0 bridgehead atoms. The van der Waals surface area contributed by atoms with Gasteiger partial charge in [0.1, 0.15) is 4.90 Å². The predicted molar refractivity (Wildman–Crippen MR) is 104 cm³/mol. The van der Waals surface area contributed by atoms with Crippen LogP contribution in [0.1, 0.15) is 30.8 Å². The third-order valence-corrected chi connectivity index (χ3v) is 6.01. The van der Waals surface area contributed by atoms with E-state index in [4.69, 9.17) is 0 Å². The molecule has 0 atom stereocenters. The minimum absolute atomic E-state index is 0.181. The summed E-state index contributed by atoms with van der Waals surface area (Å²) in [4.78, 5) is 0.181. The summed E-state index contributed by atoms with van der Waals surface area (Å²) >= 11 is 0. The monoisotopic (exact) mass is 385 g/mol. The summed E-state index contributed by atoms with van der Waals surface area (Å²) in [6, 6.07) is 11.5. The SMILES string of the molecule is Cc1ccc(-c2ccc(-n3nc(C)c(S(=O)(=O)NC(C)C)c3C)nn2)cc1. The average Bonchev–Trinajstić information content (AvgIpc) is 2.90. The van der Waals surface area contributed by atoms with Gasteiger partial charge in [-0.1, -0.05) is 29.8 Å². The number of nitrogens with one attached hydrogen (secondary N) is 1. The van der Waals surface area contributed by atoms with Gasteiger partial charge in [-0.15, -0.1) is 10.2 Å². The molecule has 0 radical (unpaired) electrons. The second-order valence-electron chi connectivity index (χ2n) is 6.83. The highest BCUT2D eigenvalue weighted by Gasteiger charge is 2.26. The van der Waals surface area contributed by atoms with E-state index in [-0.39, 0.29) is 10.9 Å². The lowest BCUT2D eigenvalue weighted by Crippen LogP contribution is -2.31. The zero-order valence-corrected chi connectivity index (χ0v) is 16.9. The lowest BCUT2D eigenvalue weighted by atomic mass is 10.1. The van der Waals surface area contributed by atoms with E-state index >= 15 is 0 Å². The molecule has 7 nitrogen and oxygen atoms in total. The summed E-state index contributed by atoms with van der Waals surface area (Å²) in [7, 11) is -3.64. The van der Waals surface area contributed by atoms with Gasteiger partial charge in [-0.3, -0.25) is 0 Å². The van der Waals surface area contributed by atoms with Gasteiger partial charge < -0.3 is 0 Å². The van der Waals surface area contributed by atoms with Gasteiger partial charge in [-0.2, -0.15) is 5.10 Å². The van der Waals surface area contributed by atoms with E-state index in [2.05, 4.69) is 20.0 Å². The number of hydrogen-bond donors (Lipinski definition) is 1. The highest BCUT2D eigenvalue weighted by molar-refractivity contribution is 7.89. The molecule has 0 saturated carbocycles. The maximum atomic E-state index is 12.6. The Morgan fingerprint density at radius 3 is 2.19 bits per heavy atom. The summed E-state index contributed by atoms with van der Waals surface area (Å²) in [5.41, 5.74) is 3.81. The van der Waals surface area contributed by atoms with E-state index in [1.165, 1.54) is 10.2 Å². The van der Waals surface area contributed by atoms with Crippen LogP contribution in [0.15, 0.2) is 41.3 Å². The Morgan fingerprint density at radius 2 is 1.63 bits per heavy atom. The molecule has 0 aliphatic rings. The first-order valence-corrected chi connectivity index (χ1v) is 10.2. The van der Waals surface area contributed by atoms with Crippen LogP contribution in [0.2, 0.25) is 0 Å². The Hall–Kier alpha value is -2.58. The second-order valence-corrected chi connectivity index (χ2v) is 8.48. The largest absolute Gasteiger partial charge is 0.244 e. The molecule has 0 amide bonds. The van der Waals surface area contributed by atoms with Crippen molar-refractivity contribution in [2.45, 2.75) is 45.6 Å². The minimum atomic E-state index is -3.64. The molecule has 0 fully saturated rings. The fourth-order valence-electron chi connectivity index (χ4n) is 2.93. The number of hydrogen-bond acceptors (Lipinski definition) is 5. The Kier molecular flexibility index (Phi) is 5.12. The molecule has 0 saturated heterocycles. The molecule has 27 heavy (non-hydrogen) atoms. The summed E-state index contributed by atoms with van der Waals surface area (Å²) in [6.45, 7) is 8.97. The normalized spacial score (nSPS) is 11.9. The van der Waals surface area contributed by atoms with Gasteiger partial charge >= 0.3 is 0 Å².